The summed E-state index contributed by atoms with van der Waals surface area (Å²) in [5.41, 5.74) is 5.53. The van der Waals surface area contributed by atoms with Crippen molar-refractivity contribution in [3.8, 4) is 16.9 Å². The van der Waals surface area contributed by atoms with Gasteiger partial charge >= 0.3 is 0 Å². The van der Waals surface area contributed by atoms with Gasteiger partial charge in [-0.05, 0) is 74.1 Å². The van der Waals surface area contributed by atoms with E-state index in [0.29, 0.717) is 31.9 Å². The Hall–Kier alpha value is -5.15. The van der Waals surface area contributed by atoms with Crippen LogP contribution in [-0.4, -0.2) is 82.5 Å². The fourth-order valence-corrected chi connectivity index (χ4v) is 7.98. The van der Waals surface area contributed by atoms with E-state index in [1.54, 1.807) is 6.20 Å². The van der Waals surface area contributed by atoms with Crippen molar-refractivity contribution < 1.29 is 14.3 Å². The summed E-state index contributed by atoms with van der Waals surface area (Å²) in [6.45, 7) is 8.69. The average Bonchev–Trinajstić information content (AvgIpc) is 3.95. The SMILES string of the molecule is CC(C)(Oc1cccc(N2CC(C(=O)N(Cc3ccc(-c4c[nH]c5ncccc45)cc3)C3CC3)CC(c3ccccc3)C2)c1)C(=O)N1CCNCC1. The van der Waals surface area contributed by atoms with Gasteiger partial charge in [0.2, 0.25) is 5.91 Å². The molecule has 1 saturated carbocycles. The van der Waals surface area contributed by atoms with Crippen molar-refractivity contribution in [2.24, 2.45) is 5.92 Å². The fraction of sp³-hybridized carbons (Fsp3) is 0.372. The number of anilines is 1. The maximum absolute atomic E-state index is 14.6. The highest BCUT2D eigenvalue weighted by Crippen LogP contribution is 2.38. The number of rotatable bonds is 10. The van der Waals surface area contributed by atoms with Gasteiger partial charge in [-0.15, -0.1) is 0 Å². The van der Waals surface area contributed by atoms with Gasteiger partial charge in [0.25, 0.3) is 5.91 Å². The predicted octanol–water partition coefficient (Wildman–Crippen LogP) is 6.62. The molecule has 3 aliphatic rings. The Morgan fingerprint density at radius 2 is 1.71 bits per heavy atom. The highest BCUT2D eigenvalue weighted by atomic mass is 16.5. The topological polar surface area (TPSA) is 93.8 Å². The molecule has 8 rings (SSSR count). The molecule has 2 saturated heterocycles. The number of hydrogen-bond acceptors (Lipinski definition) is 6. The number of carbonyl (C=O) groups is 2. The van der Waals surface area contributed by atoms with Crippen LogP contribution in [0.5, 0.6) is 5.75 Å². The Bertz CT molecular complexity index is 2020. The van der Waals surface area contributed by atoms with Crippen molar-refractivity contribution in [1.82, 2.24) is 25.1 Å². The van der Waals surface area contributed by atoms with Gasteiger partial charge in [-0.2, -0.15) is 0 Å². The molecule has 0 spiro atoms. The molecule has 52 heavy (non-hydrogen) atoms. The van der Waals surface area contributed by atoms with Gasteiger partial charge in [-0.1, -0.05) is 60.7 Å². The lowest BCUT2D eigenvalue weighted by atomic mass is 9.83. The molecule has 2 amide bonds. The molecule has 4 heterocycles. The zero-order valence-electron chi connectivity index (χ0n) is 30.1. The largest absolute Gasteiger partial charge is 0.478 e. The van der Waals surface area contributed by atoms with E-state index in [0.717, 1.165) is 72.3 Å². The molecular weight excluding hydrogens is 649 g/mol. The molecule has 2 aliphatic heterocycles. The standard InChI is InChI=1S/C43H48N6O3/c1-43(2,42(51)47-22-20-44-21-23-47)52-37-11-6-10-36(25-37)48-28-33(31-8-4-3-5-9-31)24-34(29-48)41(50)49(35-17-18-35)27-30-13-15-32(16-14-30)39-26-46-40-38(39)12-7-19-45-40/h3-16,19,25-26,33-35,44H,17-18,20-24,27-29H2,1-2H3,(H,45,46). The van der Waals surface area contributed by atoms with Crippen LogP contribution in [0.15, 0.2) is 103 Å². The summed E-state index contributed by atoms with van der Waals surface area (Å²) in [7, 11) is 0. The summed E-state index contributed by atoms with van der Waals surface area (Å²) >= 11 is 0. The molecule has 1 aliphatic carbocycles. The first-order valence-corrected chi connectivity index (χ1v) is 18.7. The van der Waals surface area contributed by atoms with Gasteiger partial charge in [0.15, 0.2) is 5.60 Å². The number of piperidine rings is 1. The molecule has 3 fully saturated rings. The van der Waals surface area contributed by atoms with Gasteiger partial charge in [-0.25, -0.2) is 4.98 Å². The molecule has 2 unspecified atom stereocenters. The number of carbonyl (C=O) groups excluding carboxylic acids is 2. The van der Waals surface area contributed by atoms with E-state index in [1.165, 1.54) is 5.56 Å². The van der Waals surface area contributed by atoms with Crippen molar-refractivity contribution in [3.63, 3.8) is 0 Å². The van der Waals surface area contributed by atoms with E-state index < -0.39 is 5.60 Å². The summed E-state index contributed by atoms with van der Waals surface area (Å²) in [6, 6.07) is 31.6. The van der Waals surface area contributed by atoms with Crippen LogP contribution in [0.1, 0.15) is 50.2 Å². The zero-order chi connectivity index (χ0) is 35.7. The number of nitrogens with zero attached hydrogens (tertiary/aromatic N) is 4. The summed E-state index contributed by atoms with van der Waals surface area (Å²) in [4.78, 5) is 42.1. The summed E-state index contributed by atoms with van der Waals surface area (Å²) in [5.74, 6) is 0.924. The van der Waals surface area contributed by atoms with Crippen LogP contribution in [-0.2, 0) is 16.1 Å². The quantitative estimate of drug-likeness (QED) is 0.171. The maximum atomic E-state index is 14.6. The first-order chi connectivity index (χ1) is 25.3. The number of aromatic amines is 1. The third-order valence-electron chi connectivity index (χ3n) is 10.9. The highest BCUT2D eigenvalue weighted by Gasteiger charge is 2.40. The lowest BCUT2D eigenvalue weighted by molar-refractivity contribution is -0.146. The molecule has 2 N–H and O–H groups in total. The Labute approximate surface area is 306 Å². The smallest absolute Gasteiger partial charge is 0.266 e. The number of hydrogen-bond donors (Lipinski definition) is 2. The van der Waals surface area contributed by atoms with Crippen LogP contribution in [0, 0.1) is 5.92 Å². The first kappa shape index (κ1) is 34.0. The van der Waals surface area contributed by atoms with E-state index >= 15 is 0 Å². The number of fused-ring (bicyclic) bond motifs is 1. The Morgan fingerprint density at radius 3 is 2.48 bits per heavy atom. The lowest BCUT2D eigenvalue weighted by Crippen LogP contribution is -2.54. The van der Waals surface area contributed by atoms with Crippen LogP contribution in [0.4, 0.5) is 5.69 Å². The van der Waals surface area contributed by atoms with Gasteiger partial charge in [0.05, 0.1) is 5.92 Å². The van der Waals surface area contributed by atoms with Crippen LogP contribution < -0.4 is 15.0 Å². The highest BCUT2D eigenvalue weighted by molar-refractivity contribution is 5.93. The van der Waals surface area contributed by atoms with Crippen molar-refractivity contribution >= 4 is 28.5 Å². The number of pyridine rings is 1. The third kappa shape index (κ3) is 7.28. The molecule has 3 aromatic carbocycles. The Morgan fingerprint density at radius 1 is 0.923 bits per heavy atom. The summed E-state index contributed by atoms with van der Waals surface area (Å²) < 4.78 is 6.41. The Kier molecular flexibility index (Phi) is 9.45. The van der Waals surface area contributed by atoms with E-state index in [2.05, 4.69) is 85.7 Å². The second kappa shape index (κ2) is 14.5. The van der Waals surface area contributed by atoms with Crippen molar-refractivity contribution in [3.05, 3.63) is 115 Å². The minimum Gasteiger partial charge on any atom is -0.478 e. The predicted molar refractivity (Wildman–Crippen MR) is 205 cm³/mol. The number of nitrogens with one attached hydrogen (secondary N) is 2. The normalized spacial score (nSPS) is 19.4. The molecule has 2 atom stereocenters. The zero-order valence-corrected chi connectivity index (χ0v) is 30.1. The second-order valence-corrected chi connectivity index (χ2v) is 15.1. The molecule has 0 bridgehead atoms. The van der Waals surface area contributed by atoms with E-state index in [9.17, 15) is 9.59 Å². The van der Waals surface area contributed by atoms with Crippen LogP contribution in [0.3, 0.4) is 0 Å². The molecule has 0 radical (unpaired) electrons. The number of amides is 2. The van der Waals surface area contributed by atoms with Gasteiger partial charge in [0.1, 0.15) is 11.4 Å². The molecular formula is C43H48N6O3. The molecule has 2 aromatic heterocycles. The number of benzene rings is 3. The van der Waals surface area contributed by atoms with Crippen LogP contribution >= 0.6 is 0 Å². The van der Waals surface area contributed by atoms with E-state index in [-0.39, 0.29) is 29.7 Å². The number of ether oxygens (including phenoxy) is 1. The van der Waals surface area contributed by atoms with Gasteiger partial charge in [0, 0.05) is 92.9 Å². The van der Waals surface area contributed by atoms with Gasteiger partial charge in [-0.3, -0.25) is 9.59 Å². The lowest BCUT2D eigenvalue weighted by Gasteiger charge is -2.41. The average molecular weight is 697 g/mol. The van der Waals surface area contributed by atoms with Crippen molar-refractivity contribution in [2.75, 3.05) is 44.2 Å². The van der Waals surface area contributed by atoms with E-state index in [4.69, 9.17) is 4.74 Å². The fourth-order valence-electron chi connectivity index (χ4n) is 7.98. The summed E-state index contributed by atoms with van der Waals surface area (Å²) in [6.07, 6.45) is 6.71. The first-order valence-electron chi connectivity index (χ1n) is 18.7. The molecule has 9 nitrogen and oxygen atoms in total. The van der Waals surface area contributed by atoms with Crippen molar-refractivity contribution in [1.29, 1.82) is 0 Å². The monoisotopic (exact) mass is 696 g/mol. The summed E-state index contributed by atoms with van der Waals surface area (Å²) in [5, 5.41) is 4.41. The van der Waals surface area contributed by atoms with Crippen molar-refractivity contribution in [2.45, 2.75) is 57.2 Å². The molecule has 9 heteroatoms. The molecule has 268 valence electrons. The Balaban J connectivity index is 1.01. The minimum absolute atomic E-state index is 0.00255. The van der Waals surface area contributed by atoms with Crippen LogP contribution in [0.2, 0.25) is 0 Å². The van der Waals surface area contributed by atoms with Crippen LogP contribution in [0.25, 0.3) is 22.2 Å². The minimum atomic E-state index is -1.00. The second-order valence-electron chi connectivity index (χ2n) is 15.1. The van der Waals surface area contributed by atoms with Gasteiger partial charge < -0.3 is 29.7 Å². The third-order valence-corrected chi connectivity index (χ3v) is 10.9. The molecule has 5 aromatic rings. The maximum Gasteiger partial charge on any atom is 0.266 e. The number of piperazine rings is 1. The number of H-pyrrole nitrogens is 1. The van der Waals surface area contributed by atoms with E-state index in [1.807, 2.05) is 55.3 Å². The number of aromatic nitrogens is 2.